The van der Waals surface area contributed by atoms with Gasteiger partial charge in [-0.25, -0.2) is 4.68 Å². The Bertz CT molecular complexity index is 583. The lowest BCUT2D eigenvalue weighted by atomic mass is 10.2. The number of benzene rings is 1. The van der Waals surface area contributed by atoms with E-state index in [2.05, 4.69) is 5.10 Å². The molecular weight excluding hydrogens is 236 g/mol. The molecule has 2 rings (SSSR count). The predicted molar refractivity (Wildman–Crippen MR) is 65.4 cm³/mol. The molecule has 0 bridgehead atoms. The third-order valence-corrected chi connectivity index (χ3v) is 2.66. The molecule has 0 saturated carbocycles. The van der Waals surface area contributed by atoms with Crippen molar-refractivity contribution in [2.75, 3.05) is 13.7 Å². The molecule has 0 saturated heterocycles. The number of H-pyrrole nitrogens is 1. The van der Waals surface area contributed by atoms with E-state index in [-0.39, 0.29) is 24.5 Å². The van der Waals surface area contributed by atoms with Crippen LogP contribution >= 0.6 is 0 Å². The Labute approximate surface area is 103 Å². The summed E-state index contributed by atoms with van der Waals surface area (Å²) in [5.74, 6) is 0.502. The Morgan fingerprint density at radius 3 is 2.56 bits per heavy atom. The summed E-state index contributed by atoms with van der Waals surface area (Å²) in [6.45, 7) is -0.191. The molecule has 3 N–H and O–H groups in total. The Kier molecular flexibility index (Phi) is 3.38. The Morgan fingerprint density at radius 1 is 1.33 bits per heavy atom. The van der Waals surface area contributed by atoms with Gasteiger partial charge in [-0.1, -0.05) is 0 Å². The number of aliphatic hydroxyl groups is 1. The monoisotopic (exact) mass is 250 g/mol. The fraction of sp³-hybridized carbons (Fsp3) is 0.250. The van der Waals surface area contributed by atoms with E-state index in [1.54, 1.807) is 31.4 Å². The maximum Gasteiger partial charge on any atom is 0.271 e. The summed E-state index contributed by atoms with van der Waals surface area (Å²) in [7, 11) is 1.56. The summed E-state index contributed by atoms with van der Waals surface area (Å²) in [6, 6.07) is 6.85. The van der Waals surface area contributed by atoms with Crippen LogP contribution in [0.1, 0.15) is 5.56 Å². The quantitative estimate of drug-likeness (QED) is 0.733. The lowest BCUT2D eigenvalue weighted by Crippen LogP contribution is -2.08. The number of nitrogens with zero attached hydrogens (tertiary/aromatic N) is 1. The molecule has 0 unspecified atom stereocenters. The van der Waals surface area contributed by atoms with Gasteiger partial charge in [-0.15, -0.1) is 0 Å². The molecule has 0 aliphatic rings. The summed E-state index contributed by atoms with van der Waals surface area (Å²) >= 11 is 0. The normalized spacial score (nSPS) is 10.6. The molecule has 0 spiro atoms. The van der Waals surface area contributed by atoms with Crippen LogP contribution in [0.2, 0.25) is 0 Å². The largest absolute Gasteiger partial charge is 0.497 e. The molecule has 0 atom stereocenters. The van der Waals surface area contributed by atoms with E-state index in [9.17, 15) is 9.90 Å². The van der Waals surface area contributed by atoms with Crippen LogP contribution in [0.25, 0.3) is 5.69 Å². The predicted octanol–water partition coefficient (Wildman–Crippen LogP) is 0.415. The maximum absolute atomic E-state index is 11.6. The minimum Gasteiger partial charge on any atom is -0.497 e. The number of methoxy groups -OCH3 is 1. The van der Waals surface area contributed by atoms with Crippen LogP contribution < -0.4 is 10.3 Å². The average molecular weight is 250 g/mol. The van der Waals surface area contributed by atoms with Gasteiger partial charge in [0.1, 0.15) is 5.75 Å². The van der Waals surface area contributed by atoms with Crippen LogP contribution in [0.5, 0.6) is 11.6 Å². The fourth-order valence-electron chi connectivity index (χ4n) is 1.71. The average Bonchev–Trinajstić information content (AvgIpc) is 2.67. The van der Waals surface area contributed by atoms with Crippen LogP contribution in [-0.4, -0.2) is 33.7 Å². The second-order valence-corrected chi connectivity index (χ2v) is 3.75. The number of ether oxygens (including phenoxy) is 1. The van der Waals surface area contributed by atoms with E-state index >= 15 is 0 Å². The van der Waals surface area contributed by atoms with Crippen LogP contribution in [0, 0.1) is 0 Å². The minimum absolute atomic E-state index is 0.115. The van der Waals surface area contributed by atoms with Crippen LogP contribution in [-0.2, 0) is 6.42 Å². The van der Waals surface area contributed by atoms with Gasteiger partial charge in [0, 0.05) is 13.0 Å². The number of aromatic nitrogens is 2. The lowest BCUT2D eigenvalue weighted by Gasteiger charge is -2.05. The fourth-order valence-corrected chi connectivity index (χ4v) is 1.71. The van der Waals surface area contributed by atoms with E-state index in [0.717, 1.165) is 0 Å². The SMILES string of the molecule is COc1ccc(-n2[nH]c(=O)c(CCO)c2O)cc1. The van der Waals surface area contributed by atoms with Gasteiger partial charge in [0.25, 0.3) is 5.56 Å². The minimum atomic E-state index is -0.405. The third kappa shape index (κ3) is 2.10. The molecule has 18 heavy (non-hydrogen) atoms. The van der Waals surface area contributed by atoms with Crippen molar-refractivity contribution < 1.29 is 14.9 Å². The number of rotatable bonds is 4. The second-order valence-electron chi connectivity index (χ2n) is 3.75. The first-order chi connectivity index (χ1) is 8.67. The zero-order valence-corrected chi connectivity index (χ0v) is 9.88. The van der Waals surface area contributed by atoms with Gasteiger partial charge in [0.15, 0.2) is 0 Å². The smallest absolute Gasteiger partial charge is 0.271 e. The molecule has 0 aliphatic carbocycles. The summed E-state index contributed by atoms with van der Waals surface area (Å²) in [5.41, 5.74) is 0.375. The van der Waals surface area contributed by atoms with Crippen molar-refractivity contribution in [2.45, 2.75) is 6.42 Å². The first kappa shape index (κ1) is 12.3. The first-order valence-corrected chi connectivity index (χ1v) is 5.45. The van der Waals surface area contributed by atoms with Gasteiger partial charge in [-0.2, -0.15) is 0 Å². The molecule has 0 fully saturated rings. The summed E-state index contributed by atoms with van der Waals surface area (Å²) in [4.78, 5) is 11.6. The Morgan fingerprint density at radius 2 is 2.00 bits per heavy atom. The number of nitrogens with one attached hydrogen (secondary N) is 1. The number of aromatic amines is 1. The van der Waals surface area contributed by atoms with Crippen molar-refractivity contribution in [3.8, 4) is 17.3 Å². The van der Waals surface area contributed by atoms with Gasteiger partial charge in [0.05, 0.1) is 18.4 Å². The van der Waals surface area contributed by atoms with E-state index in [1.165, 1.54) is 4.68 Å². The van der Waals surface area contributed by atoms with Gasteiger partial charge >= 0.3 is 0 Å². The summed E-state index contributed by atoms with van der Waals surface area (Å²) in [6.07, 6.45) is 0.115. The highest BCUT2D eigenvalue weighted by Gasteiger charge is 2.14. The molecule has 1 heterocycles. The van der Waals surface area contributed by atoms with Crippen molar-refractivity contribution >= 4 is 0 Å². The van der Waals surface area contributed by atoms with Crippen molar-refractivity contribution in [3.05, 3.63) is 40.2 Å². The molecule has 1 aromatic carbocycles. The number of hydrogen-bond acceptors (Lipinski definition) is 4. The summed E-state index contributed by atoms with van der Waals surface area (Å²) in [5, 5.41) is 21.2. The molecule has 0 amide bonds. The molecule has 6 nitrogen and oxygen atoms in total. The molecule has 0 radical (unpaired) electrons. The van der Waals surface area contributed by atoms with Crippen molar-refractivity contribution in [2.24, 2.45) is 0 Å². The zero-order chi connectivity index (χ0) is 13.1. The van der Waals surface area contributed by atoms with Gasteiger partial charge < -0.3 is 14.9 Å². The van der Waals surface area contributed by atoms with Crippen LogP contribution in [0.4, 0.5) is 0 Å². The van der Waals surface area contributed by atoms with Gasteiger partial charge in [-0.3, -0.25) is 9.89 Å². The van der Waals surface area contributed by atoms with Gasteiger partial charge in [0.2, 0.25) is 5.88 Å². The van der Waals surface area contributed by atoms with Crippen LogP contribution in [0.3, 0.4) is 0 Å². The highest BCUT2D eigenvalue weighted by Crippen LogP contribution is 2.20. The standard InChI is InChI=1S/C12H14N2O4/c1-18-9-4-2-8(3-5-9)14-12(17)10(6-7-15)11(16)13-14/h2-5,15,17H,6-7H2,1H3,(H,13,16). The lowest BCUT2D eigenvalue weighted by molar-refractivity contribution is 0.296. The first-order valence-electron chi connectivity index (χ1n) is 5.45. The van der Waals surface area contributed by atoms with E-state index in [4.69, 9.17) is 9.84 Å². The maximum atomic E-state index is 11.6. The molecule has 0 aliphatic heterocycles. The Balaban J connectivity index is 2.44. The molecule has 2 aromatic rings. The molecule has 6 heteroatoms. The molecular formula is C12H14N2O4. The molecule has 96 valence electrons. The number of hydrogen-bond donors (Lipinski definition) is 3. The highest BCUT2D eigenvalue weighted by atomic mass is 16.5. The topological polar surface area (TPSA) is 87.5 Å². The second kappa shape index (κ2) is 4.97. The van der Waals surface area contributed by atoms with E-state index < -0.39 is 5.56 Å². The van der Waals surface area contributed by atoms with Crippen LogP contribution in [0.15, 0.2) is 29.1 Å². The Hall–Kier alpha value is -2.21. The third-order valence-electron chi connectivity index (χ3n) is 2.66. The highest BCUT2D eigenvalue weighted by molar-refractivity contribution is 5.41. The van der Waals surface area contributed by atoms with Crippen molar-refractivity contribution in [1.82, 2.24) is 9.78 Å². The number of aliphatic hydroxyl groups excluding tert-OH is 1. The summed E-state index contributed by atoms with van der Waals surface area (Å²) < 4.78 is 6.30. The van der Waals surface area contributed by atoms with E-state index in [0.29, 0.717) is 11.4 Å². The van der Waals surface area contributed by atoms with Crippen molar-refractivity contribution in [1.29, 1.82) is 0 Å². The number of aromatic hydroxyl groups is 1. The van der Waals surface area contributed by atoms with Crippen molar-refractivity contribution in [3.63, 3.8) is 0 Å². The van der Waals surface area contributed by atoms with E-state index in [1.807, 2.05) is 0 Å². The zero-order valence-electron chi connectivity index (χ0n) is 9.88. The molecule has 1 aromatic heterocycles. The van der Waals surface area contributed by atoms with Gasteiger partial charge in [-0.05, 0) is 24.3 Å².